The lowest BCUT2D eigenvalue weighted by atomic mass is 10.1. The third kappa shape index (κ3) is 3.29. The van der Waals surface area contributed by atoms with Crippen molar-refractivity contribution in [3.05, 3.63) is 56.6 Å². The van der Waals surface area contributed by atoms with Crippen LogP contribution >= 0.6 is 39.1 Å². The summed E-state index contributed by atoms with van der Waals surface area (Å²) in [5, 5.41) is 0.711. The Morgan fingerprint density at radius 1 is 1.00 bits per heavy atom. The smallest absolute Gasteiger partial charge is 0.251 e. The molecule has 0 unspecified atom stereocenters. The minimum absolute atomic E-state index is 0.135. The van der Waals surface area contributed by atoms with E-state index in [1.54, 1.807) is 18.2 Å². The van der Waals surface area contributed by atoms with Crippen molar-refractivity contribution in [2.75, 3.05) is 0 Å². The molecule has 0 amide bonds. The van der Waals surface area contributed by atoms with E-state index in [1.165, 1.54) is 6.20 Å². The predicted octanol–water partition coefficient (Wildman–Crippen LogP) is 6.38. The van der Waals surface area contributed by atoms with Gasteiger partial charge in [0.15, 0.2) is 0 Å². The second-order valence-electron chi connectivity index (χ2n) is 4.71. The van der Waals surface area contributed by atoms with Gasteiger partial charge in [-0.05, 0) is 40.2 Å². The molecule has 1 heterocycles. The summed E-state index contributed by atoms with van der Waals surface area (Å²) in [6, 6.07) is 6.80. The van der Waals surface area contributed by atoms with E-state index in [4.69, 9.17) is 23.2 Å². The quantitative estimate of drug-likeness (QED) is 0.455. The Bertz CT molecular complexity index is 913. The highest BCUT2D eigenvalue weighted by Gasteiger charge is 2.31. The Morgan fingerprint density at radius 3 is 2.39 bits per heavy atom. The summed E-state index contributed by atoms with van der Waals surface area (Å²) in [5.41, 5.74) is 0.708. The number of rotatable bonds is 1. The van der Waals surface area contributed by atoms with E-state index in [0.29, 0.717) is 26.8 Å². The zero-order chi connectivity index (χ0) is 16.8. The summed E-state index contributed by atoms with van der Waals surface area (Å²) in [6.45, 7) is 0. The van der Waals surface area contributed by atoms with Crippen LogP contribution in [-0.4, -0.2) is 9.97 Å². The van der Waals surface area contributed by atoms with Crippen LogP contribution in [0.4, 0.5) is 13.2 Å². The average molecular weight is 422 g/mol. The van der Waals surface area contributed by atoms with Crippen LogP contribution in [0.5, 0.6) is 0 Å². The van der Waals surface area contributed by atoms with E-state index >= 15 is 0 Å². The number of hydrogen-bond acceptors (Lipinski definition) is 2. The van der Waals surface area contributed by atoms with Crippen LogP contribution in [0.2, 0.25) is 10.0 Å². The number of nitrogens with zero attached hydrogens (tertiary/aromatic N) is 2. The summed E-state index contributed by atoms with van der Waals surface area (Å²) in [7, 11) is 0. The molecule has 23 heavy (non-hydrogen) atoms. The van der Waals surface area contributed by atoms with Crippen LogP contribution in [0.3, 0.4) is 0 Å². The average Bonchev–Trinajstić information content (AvgIpc) is 2.48. The molecule has 2 nitrogen and oxygen atoms in total. The number of halogens is 6. The molecule has 0 radical (unpaired) electrons. The largest absolute Gasteiger partial charge is 0.416 e. The molecule has 0 atom stereocenters. The Morgan fingerprint density at radius 2 is 1.74 bits per heavy atom. The fourth-order valence-electron chi connectivity index (χ4n) is 2.04. The maximum Gasteiger partial charge on any atom is 0.416 e. The molecular formula is C15H6BrCl2F3N2. The monoisotopic (exact) mass is 420 g/mol. The number of benzene rings is 2. The van der Waals surface area contributed by atoms with Crippen molar-refractivity contribution in [2.24, 2.45) is 0 Å². The predicted molar refractivity (Wildman–Crippen MR) is 87.7 cm³/mol. The van der Waals surface area contributed by atoms with Gasteiger partial charge in [-0.15, -0.1) is 0 Å². The van der Waals surface area contributed by atoms with E-state index in [1.807, 2.05) is 0 Å². The topological polar surface area (TPSA) is 25.8 Å². The molecule has 118 valence electrons. The van der Waals surface area contributed by atoms with Crippen LogP contribution < -0.4 is 0 Å². The molecule has 0 saturated carbocycles. The van der Waals surface area contributed by atoms with Gasteiger partial charge in [-0.25, -0.2) is 4.98 Å². The summed E-state index contributed by atoms with van der Waals surface area (Å²) in [4.78, 5) is 8.44. The van der Waals surface area contributed by atoms with E-state index in [-0.39, 0.29) is 9.99 Å². The molecule has 0 aliphatic rings. The Kier molecular flexibility index (Phi) is 4.25. The number of aromatic nitrogens is 2. The fourth-order valence-corrected chi connectivity index (χ4v) is 2.89. The standard InChI is InChI=1S/C15H6BrCl2F3N2/c16-9-4-8(15(19,20)21)5-12-14(9)22-6-13(23-12)7-1-2-10(17)11(18)3-7/h1-6H. The Balaban J connectivity index is 2.19. The highest BCUT2D eigenvalue weighted by Crippen LogP contribution is 2.35. The normalized spacial score (nSPS) is 11.9. The summed E-state index contributed by atoms with van der Waals surface area (Å²) < 4.78 is 39.0. The highest BCUT2D eigenvalue weighted by molar-refractivity contribution is 9.10. The lowest BCUT2D eigenvalue weighted by Crippen LogP contribution is -2.05. The first-order valence-electron chi connectivity index (χ1n) is 6.24. The Labute approximate surface area is 147 Å². The van der Waals surface area contributed by atoms with Gasteiger partial charge in [0.25, 0.3) is 0 Å². The van der Waals surface area contributed by atoms with E-state index in [9.17, 15) is 13.2 Å². The van der Waals surface area contributed by atoms with E-state index in [0.717, 1.165) is 12.1 Å². The third-order valence-electron chi connectivity index (χ3n) is 3.14. The van der Waals surface area contributed by atoms with Gasteiger partial charge in [-0.1, -0.05) is 29.3 Å². The molecule has 1 aromatic heterocycles. The van der Waals surface area contributed by atoms with Crippen LogP contribution in [0.25, 0.3) is 22.3 Å². The molecule has 0 fully saturated rings. The summed E-state index contributed by atoms with van der Waals surface area (Å²) in [6.07, 6.45) is -2.99. The molecular weight excluding hydrogens is 416 g/mol. The molecule has 0 aliphatic heterocycles. The van der Waals surface area contributed by atoms with Gasteiger partial charge in [-0.3, -0.25) is 4.98 Å². The number of alkyl halides is 3. The minimum Gasteiger partial charge on any atom is -0.251 e. The van der Waals surface area contributed by atoms with Crippen LogP contribution in [0.15, 0.2) is 41.0 Å². The minimum atomic E-state index is -4.46. The first-order valence-corrected chi connectivity index (χ1v) is 7.79. The molecule has 0 saturated heterocycles. The van der Waals surface area contributed by atoms with E-state index < -0.39 is 11.7 Å². The first kappa shape index (κ1) is 16.5. The van der Waals surface area contributed by atoms with Crippen molar-refractivity contribution in [3.63, 3.8) is 0 Å². The molecule has 0 aliphatic carbocycles. The SMILES string of the molecule is FC(F)(F)c1cc(Br)c2ncc(-c3ccc(Cl)c(Cl)c3)nc2c1. The summed E-state index contributed by atoms with van der Waals surface area (Å²) in [5.74, 6) is 0. The molecule has 0 spiro atoms. The maximum absolute atomic E-state index is 12.9. The van der Waals surface area contributed by atoms with Gasteiger partial charge >= 0.3 is 6.18 Å². The summed E-state index contributed by atoms with van der Waals surface area (Å²) >= 11 is 14.9. The molecule has 0 bridgehead atoms. The number of hydrogen-bond donors (Lipinski definition) is 0. The van der Waals surface area contributed by atoms with Crippen LogP contribution in [-0.2, 0) is 6.18 Å². The van der Waals surface area contributed by atoms with Crippen molar-refractivity contribution in [2.45, 2.75) is 6.18 Å². The lowest BCUT2D eigenvalue weighted by molar-refractivity contribution is -0.137. The van der Waals surface area contributed by atoms with E-state index in [2.05, 4.69) is 25.9 Å². The van der Waals surface area contributed by atoms with Gasteiger partial charge in [0.2, 0.25) is 0 Å². The second-order valence-corrected chi connectivity index (χ2v) is 6.38. The zero-order valence-corrected chi connectivity index (χ0v) is 14.2. The van der Waals surface area contributed by atoms with Crippen molar-refractivity contribution in [1.29, 1.82) is 0 Å². The lowest BCUT2D eigenvalue weighted by Gasteiger charge is -2.10. The van der Waals surface area contributed by atoms with Crippen LogP contribution in [0.1, 0.15) is 5.56 Å². The molecule has 3 rings (SSSR count). The molecule has 2 aromatic carbocycles. The van der Waals surface area contributed by atoms with Crippen molar-refractivity contribution < 1.29 is 13.2 Å². The third-order valence-corrected chi connectivity index (χ3v) is 4.49. The van der Waals surface area contributed by atoms with Crippen molar-refractivity contribution >= 4 is 50.2 Å². The van der Waals surface area contributed by atoms with Gasteiger partial charge in [0.05, 0.1) is 33.0 Å². The zero-order valence-electron chi connectivity index (χ0n) is 11.1. The Hall–Kier alpha value is -1.37. The second kappa shape index (κ2) is 5.92. The first-order chi connectivity index (χ1) is 10.8. The van der Waals surface area contributed by atoms with Gasteiger partial charge in [0.1, 0.15) is 5.52 Å². The van der Waals surface area contributed by atoms with Crippen LogP contribution in [0, 0.1) is 0 Å². The van der Waals surface area contributed by atoms with Crippen molar-refractivity contribution in [3.8, 4) is 11.3 Å². The van der Waals surface area contributed by atoms with Gasteiger partial charge < -0.3 is 0 Å². The highest BCUT2D eigenvalue weighted by atomic mass is 79.9. The molecule has 3 aromatic rings. The molecule has 8 heteroatoms. The fraction of sp³-hybridized carbons (Fsp3) is 0.0667. The van der Waals surface area contributed by atoms with Crippen molar-refractivity contribution in [1.82, 2.24) is 9.97 Å². The maximum atomic E-state index is 12.9. The van der Waals surface area contributed by atoms with Gasteiger partial charge in [0, 0.05) is 10.0 Å². The van der Waals surface area contributed by atoms with Gasteiger partial charge in [-0.2, -0.15) is 13.2 Å². The molecule has 0 N–H and O–H groups in total. The number of fused-ring (bicyclic) bond motifs is 1.